The fourth-order valence-corrected chi connectivity index (χ4v) is 5.20. The molecule has 194 valence electrons. The second kappa shape index (κ2) is 10.1. The third kappa shape index (κ3) is 5.67. The lowest BCUT2D eigenvalue weighted by atomic mass is 9.79. The minimum atomic E-state index is -0.250. The highest BCUT2D eigenvalue weighted by atomic mass is 16.3. The third-order valence-electron chi connectivity index (χ3n) is 6.46. The van der Waals surface area contributed by atoms with Crippen LogP contribution in [0.2, 0.25) is 0 Å². The summed E-state index contributed by atoms with van der Waals surface area (Å²) in [7, 11) is 2.02. The van der Waals surface area contributed by atoms with Crippen LogP contribution < -0.4 is 10.2 Å². The standard InChI is InChI=1S/C25H30N8O.CH2O2/c1-24(2)11-18(12-25(3,4)31-24)32(5)23-27-14-20(29-30-23)19-7-6-17(10-22(19)34)33-21-15-26-9-8-16(21)13-28-33;2-1-3/h6-10,13-15,18,31,34H,11-12H2,1-5H3;1H,(H,2,3). The van der Waals surface area contributed by atoms with Crippen molar-refractivity contribution in [2.75, 3.05) is 11.9 Å². The highest BCUT2D eigenvalue weighted by Crippen LogP contribution is 2.33. The highest BCUT2D eigenvalue weighted by molar-refractivity contribution is 5.79. The molecule has 0 radical (unpaired) electrons. The SMILES string of the molecule is CN(c1ncc(-c2ccc(-n3ncc4ccncc43)cc2O)nn1)C1CC(C)(C)NC(C)(C)C1.O=CO. The number of hydrogen-bond acceptors (Lipinski definition) is 9. The number of fused-ring (bicyclic) bond motifs is 1. The first-order valence-corrected chi connectivity index (χ1v) is 11.9. The summed E-state index contributed by atoms with van der Waals surface area (Å²) in [6.45, 7) is 8.66. The number of phenolic OH excluding ortho intramolecular Hbond substituents is 1. The molecule has 11 heteroatoms. The number of nitrogens with one attached hydrogen (secondary N) is 1. The number of anilines is 1. The molecule has 0 atom stereocenters. The summed E-state index contributed by atoms with van der Waals surface area (Å²) < 4.78 is 1.75. The molecule has 11 nitrogen and oxygen atoms in total. The van der Waals surface area contributed by atoms with Crippen molar-refractivity contribution in [1.29, 1.82) is 0 Å². The van der Waals surface area contributed by atoms with E-state index < -0.39 is 0 Å². The van der Waals surface area contributed by atoms with Gasteiger partial charge in [-0.05, 0) is 58.7 Å². The monoisotopic (exact) mass is 504 g/mol. The van der Waals surface area contributed by atoms with E-state index in [0.717, 1.165) is 29.4 Å². The summed E-state index contributed by atoms with van der Waals surface area (Å²) in [4.78, 5) is 19.2. The van der Waals surface area contributed by atoms with Crippen LogP contribution in [0.3, 0.4) is 0 Å². The molecule has 0 bridgehead atoms. The zero-order valence-corrected chi connectivity index (χ0v) is 21.6. The zero-order valence-electron chi connectivity index (χ0n) is 21.6. The van der Waals surface area contributed by atoms with Gasteiger partial charge in [-0.2, -0.15) is 5.10 Å². The molecule has 4 aromatic rings. The van der Waals surface area contributed by atoms with Gasteiger partial charge in [-0.3, -0.25) is 9.78 Å². The fraction of sp³-hybridized carbons (Fsp3) is 0.385. The molecule has 0 saturated carbocycles. The van der Waals surface area contributed by atoms with Crippen LogP contribution in [0.4, 0.5) is 5.95 Å². The smallest absolute Gasteiger partial charge is 0.290 e. The molecule has 5 rings (SSSR count). The van der Waals surface area contributed by atoms with E-state index in [0.29, 0.717) is 23.2 Å². The molecule has 1 aliphatic rings. The van der Waals surface area contributed by atoms with E-state index in [9.17, 15) is 5.11 Å². The van der Waals surface area contributed by atoms with Crippen molar-refractivity contribution < 1.29 is 15.0 Å². The number of rotatable bonds is 4. The third-order valence-corrected chi connectivity index (χ3v) is 6.46. The lowest BCUT2D eigenvalue weighted by molar-refractivity contribution is -0.122. The molecular formula is C26H32N8O3. The number of phenols is 1. The second-order valence-electron chi connectivity index (χ2n) is 10.5. The first-order valence-electron chi connectivity index (χ1n) is 11.9. The van der Waals surface area contributed by atoms with Gasteiger partial charge in [0.1, 0.15) is 11.4 Å². The van der Waals surface area contributed by atoms with E-state index in [4.69, 9.17) is 9.90 Å². The minimum Gasteiger partial charge on any atom is -0.507 e. The van der Waals surface area contributed by atoms with E-state index in [2.05, 4.69) is 63.2 Å². The van der Waals surface area contributed by atoms with Gasteiger partial charge in [0.2, 0.25) is 5.95 Å². The lowest BCUT2D eigenvalue weighted by Crippen LogP contribution is -2.62. The molecule has 1 aliphatic heterocycles. The summed E-state index contributed by atoms with van der Waals surface area (Å²) in [5.41, 5.74) is 2.73. The Morgan fingerprint density at radius 1 is 1.08 bits per heavy atom. The van der Waals surface area contributed by atoms with Crippen LogP contribution in [0.1, 0.15) is 40.5 Å². The number of benzene rings is 1. The van der Waals surface area contributed by atoms with Crippen molar-refractivity contribution in [3.63, 3.8) is 0 Å². The molecule has 37 heavy (non-hydrogen) atoms. The van der Waals surface area contributed by atoms with Crippen molar-refractivity contribution in [1.82, 2.24) is 35.3 Å². The molecule has 1 fully saturated rings. The first kappa shape index (κ1) is 26.0. The average molecular weight is 505 g/mol. The second-order valence-corrected chi connectivity index (χ2v) is 10.5. The number of carboxylic acid groups (broad SMARTS) is 1. The van der Waals surface area contributed by atoms with E-state index in [1.54, 1.807) is 35.5 Å². The molecule has 0 unspecified atom stereocenters. The summed E-state index contributed by atoms with van der Waals surface area (Å²) in [5, 5.41) is 35.5. The van der Waals surface area contributed by atoms with Gasteiger partial charge in [-0.15, -0.1) is 10.2 Å². The minimum absolute atomic E-state index is 0.0253. The van der Waals surface area contributed by atoms with Crippen LogP contribution in [0.15, 0.2) is 49.1 Å². The predicted molar refractivity (Wildman–Crippen MR) is 141 cm³/mol. The average Bonchev–Trinajstić information content (AvgIpc) is 3.26. The normalized spacial score (nSPS) is 16.6. The number of aromatic nitrogens is 6. The topological polar surface area (TPSA) is 142 Å². The van der Waals surface area contributed by atoms with Gasteiger partial charge in [0.25, 0.3) is 6.47 Å². The number of piperidine rings is 1. The lowest BCUT2D eigenvalue weighted by Gasteiger charge is -2.48. The number of carbonyl (C=O) groups is 1. The maximum atomic E-state index is 10.7. The molecule has 1 saturated heterocycles. The summed E-state index contributed by atoms with van der Waals surface area (Å²) >= 11 is 0. The molecular weight excluding hydrogens is 472 g/mol. The van der Waals surface area contributed by atoms with E-state index in [-0.39, 0.29) is 23.3 Å². The number of hydrogen-bond donors (Lipinski definition) is 3. The Morgan fingerprint density at radius 3 is 2.41 bits per heavy atom. The Kier molecular flexibility index (Phi) is 7.08. The molecule has 3 N–H and O–H groups in total. The van der Waals surface area contributed by atoms with Crippen molar-refractivity contribution >= 4 is 23.3 Å². The van der Waals surface area contributed by atoms with Gasteiger partial charge >= 0.3 is 0 Å². The fourth-order valence-electron chi connectivity index (χ4n) is 5.20. The van der Waals surface area contributed by atoms with E-state index in [1.807, 2.05) is 25.2 Å². The summed E-state index contributed by atoms with van der Waals surface area (Å²) in [6.07, 6.45) is 8.89. The van der Waals surface area contributed by atoms with Crippen LogP contribution in [0.5, 0.6) is 5.75 Å². The van der Waals surface area contributed by atoms with Gasteiger partial charge in [-0.25, -0.2) is 9.67 Å². The summed E-state index contributed by atoms with van der Waals surface area (Å²) in [6, 6.07) is 7.55. The molecule has 0 spiro atoms. The van der Waals surface area contributed by atoms with Crippen LogP contribution in [0, 0.1) is 0 Å². The summed E-state index contributed by atoms with van der Waals surface area (Å²) in [5.74, 6) is 0.665. The number of aromatic hydroxyl groups is 1. The van der Waals surface area contributed by atoms with Gasteiger partial charge in [0, 0.05) is 47.4 Å². The van der Waals surface area contributed by atoms with Crippen LogP contribution >= 0.6 is 0 Å². The van der Waals surface area contributed by atoms with Crippen LogP contribution in [-0.2, 0) is 4.79 Å². The Morgan fingerprint density at radius 2 is 1.78 bits per heavy atom. The Labute approximate surface area is 215 Å². The van der Waals surface area contributed by atoms with Crippen molar-refractivity contribution in [3.8, 4) is 22.7 Å². The van der Waals surface area contributed by atoms with Gasteiger partial charge in [-0.1, -0.05) is 0 Å². The Bertz CT molecular complexity index is 1370. The Balaban J connectivity index is 0.00000102. The first-order chi connectivity index (χ1) is 17.5. The predicted octanol–water partition coefficient (Wildman–Crippen LogP) is 3.42. The zero-order chi connectivity index (χ0) is 26.8. The van der Waals surface area contributed by atoms with E-state index >= 15 is 0 Å². The number of nitrogens with zero attached hydrogens (tertiary/aromatic N) is 7. The molecule has 3 aromatic heterocycles. The van der Waals surface area contributed by atoms with Crippen LogP contribution in [0.25, 0.3) is 27.8 Å². The van der Waals surface area contributed by atoms with Gasteiger partial charge < -0.3 is 20.4 Å². The quantitative estimate of drug-likeness (QED) is 0.354. The van der Waals surface area contributed by atoms with Crippen molar-refractivity contribution in [3.05, 3.63) is 49.1 Å². The highest BCUT2D eigenvalue weighted by Gasteiger charge is 2.39. The molecule has 4 heterocycles. The number of pyridine rings is 1. The maximum absolute atomic E-state index is 10.7. The Hall–Kier alpha value is -4.12. The maximum Gasteiger partial charge on any atom is 0.290 e. The van der Waals surface area contributed by atoms with E-state index in [1.165, 1.54) is 0 Å². The van der Waals surface area contributed by atoms with Crippen LogP contribution in [-0.4, -0.2) is 70.8 Å². The van der Waals surface area contributed by atoms with Gasteiger partial charge in [0.15, 0.2) is 0 Å². The van der Waals surface area contributed by atoms with Crippen molar-refractivity contribution in [2.24, 2.45) is 0 Å². The van der Waals surface area contributed by atoms with Crippen molar-refractivity contribution in [2.45, 2.75) is 57.7 Å². The molecule has 0 amide bonds. The largest absolute Gasteiger partial charge is 0.507 e. The van der Waals surface area contributed by atoms with Gasteiger partial charge in [0.05, 0.1) is 29.8 Å². The molecule has 1 aromatic carbocycles. The molecule has 0 aliphatic carbocycles.